The van der Waals surface area contributed by atoms with E-state index >= 15 is 0 Å². The summed E-state index contributed by atoms with van der Waals surface area (Å²) in [5.74, 6) is -0.235. The van der Waals surface area contributed by atoms with E-state index in [4.69, 9.17) is 10.5 Å². The number of amides is 3. The summed E-state index contributed by atoms with van der Waals surface area (Å²) in [6, 6.07) is 22.7. The Bertz CT molecular complexity index is 1450. The molecule has 2 unspecified atom stereocenters. The molecule has 0 aromatic heterocycles. The predicted octanol–water partition coefficient (Wildman–Crippen LogP) is 4.88. The lowest BCUT2D eigenvalue weighted by Gasteiger charge is -2.53. The second-order valence-corrected chi connectivity index (χ2v) is 13.3. The third-order valence-corrected chi connectivity index (χ3v) is 10.2. The molecule has 3 fully saturated rings. The quantitative estimate of drug-likeness (QED) is 0.204. The maximum absolute atomic E-state index is 14.0. The van der Waals surface area contributed by atoms with Crippen molar-refractivity contribution in [3.05, 3.63) is 101 Å². The van der Waals surface area contributed by atoms with Crippen molar-refractivity contribution in [3.8, 4) is 5.75 Å². The summed E-state index contributed by atoms with van der Waals surface area (Å²) in [4.78, 5) is 41.1. The Morgan fingerprint density at radius 1 is 0.739 bits per heavy atom. The lowest BCUT2D eigenvalue weighted by Crippen LogP contribution is -2.56. The van der Waals surface area contributed by atoms with Crippen molar-refractivity contribution in [2.24, 2.45) is 16.6 Å². The molecule has 0 aliphatic heterocycles. The SMILES string of the molecule is CCOc1ccc(CC(NC(=O)c2ccc(C)cc2)C(=O)NC(Cc2ccccc2)C(=O)NCC23CCC(CN)(CC2)CC3)cc1. The molecule has 0 radical (unpaired) electrons. The first-order valence-electron chi connectivity index (χ1n) is 16.6. The summed E-state index contributed by atoms with van der Waals surface area (Å²) in [5.41, 5.74) is 9.78. The van der Waals surface area contributed by atoms with E-state index < -0.39 is 18.0 Å². The van der Waals surface area contributed by atoms with Crippen LogP contribution < -0.4 is 26.4 Å². The Labute approximate surface area is 272 Å². The molecule has 0 heterocycles. The molecule has 0 saturated heterocycles. The van der Waals surface area contributed by atoms with Crippen LogP contribution in [0.25, 0.3) is 0 Å². The van der Waals surface area contributed by atoms with Crippen LogP contribution in [-0.2, 0) is 22.4 Å². The van der Waals surface area contributed by atoms with Crippen molar-refractivity contribution in [3.63, 3.8) is 0 Å². The Morgan fingerprint density at radius 3 is 1.89 bits per heavy atom. The standard InChI is InChI=1S/C38H48N4O4/c1-3-46-31-15-11-29(12-16-31)24-33(41-34(43)30-13-9-27(2)10-14-30)36(45)42-32(23-28-7-5-4-6-8-28)35(44)40-26-38-20-17-37(25-39,18-21-38)19-22-38/h4-16,32-33H,3,17-26,39H2,1-2H3,(H,40,44)(H,41,43)(H,42,45). The van der Waals surface area contributed by atoms with E-state index in [9.17, 15) is 14.4 Å². The molecule has 3 amide bonds. The lowest BCUT2D eigenvalue weighted by atomic mass is 9.54. The van der Waals surface area contributed by atoms with E-state index in [1.165, 1.54) is 0 Å². The number of fused-ring (bicyclic) bond motifs is 3. The van der Waals surface area contributed by atoms with E-state index in [0.717, 1.165) is 67.5 Å². The van der Waals surface area contributed by atoms with Crippen LogP contribution in [0.4, 0.5) is 0 Å². The van der Waals surface area contributed by atoms with Gasteiger partial charge in [-0.05, 0) is 105 Å². The Hall–Kier alpha value is -4.17. The van der Waals surface area contributed by atoms with Gasteiger partial charge < -0.3 is 26.4 Å². The first-order valence-corrected chi connectivity index (χ1v) is 16.6. The Balaban J connectivity index is 1.32. The molecule has 3 aromatic rings. The maximum atomic E-state index is 14.0. The van der Waals surface area contributed by atoms with E-state index in [1.54, 1.807) is 12.1 Å². The number of ether oxygens (including phenoxy) is 1. The number of benzene rings is 3. The highest BCUT2D eigenvalue weighted by Crippen LogP contribution is 2.56. The molecule has 8 nitrogen and oxygen atoms in total. The fraction of sp³-hybridized carbons (Fsp3) is 0.447. The average molecular weight is 625 g/mol. The van der Waals surface area contributed by atoms with Crippen LogP contribution in [0, 0.1) is 17.8 Å². The highest BCUT2D eigenvalue weighted by molar-refractivity contribution is 5.98. The van der Waals surface area contributed by atoms with E-state index in [-0.39, 0.29) is 29.1 Å². The zero-order valence-corrected chi connectivity index (χ0v) is 27.1. The van der Waals surface area contributed by atoms with Gasteiger partial charge in [0.2, 0.25) is 11.8 Å². The largest absolute Gasteiger partial charge is 0.494 e. The van der Waals surface area contributed by atoms with Crippen LogP contribution in [0.15, 0.2) is 78.9 Å². The molecule has 244 valence electrons. The predicted molar refractivity (Wildman–Crippen MR) is 180 cm³/mol. The van der Waals surface area contributed by atoms with Gasteiger partial charge in [0.25, 0.3) is 5.91 Å². The number of aryl methyl sites for hydroxylation is 1. The van der Waals surface area contributed by atoms with Crippen molar-refractivity contribution in [2.75, 3.05) is 19.7 Å². The fourth-order valence-corrected chi connectivity index (χ4v) is 6.92. The van der Waals surface area contributed by atoms with Crippen molar-refractivity contribution < 1.29 is 19.1 Å². The minimum absolute atomic E-state index is 0.0894. The smallest absolute Gasteiger partial charge is 0.251 e. The van der Waals surface area contributed by atoms with Crippen LogP contribution in [-0.4, -0.2) is 49.5 Å². The molecule has 2 bridgehead atoms. The second kappa shape index (κ2) is 14.9. The van der Waals surface area contributed by atoms with Crippen molar-refractivity contribution in [1.82, 2.24) is 16.0 Å². The summed E-state index contributed by atoms with van der Waals surface area (Å²) in [6.45, 7) is 5.76. The summed E-state index contributed by atoms with van der Waals surface area (Å²) < 4.78 is 5.58. The van der Waals surface area contributed by atoms with Gasteiger partial charge in [0.05, 0.1) is 6.61 Å². The number of carbonyl (C=O) groups is 3. The normalized spacial score (nSPS) is 21.5. The highest BCUT2D eigenvalue weighted by atomic mass is 16.5. The lowest BCUT2D eigenvalue weighted by molar-refractivity contribution is -0.130. The second-order valence-electron chi connectivity index (χ2n) is 13.3. The fourth-order valence-electron chi connectivity index (χ4n) is 6.92. The van der Waals surface area contributed by atoms with Gasteiger partial charge in [0.15, 0.2) is 0 Å². The molecule has 3 saturated carbocycles. The third-order valence-electron chi connectivity index (χ3n) is 10.2. The van der Waals surface area contributed by atoms with Gasteiger partial charge in [-0.2, -0.15) is 0 Å². The Kier molecular flexibility index (Phi) is 10.8. The molecule has 8 heteroatoms. The van der Waals surface area contributed by atoms with Crippen LogP contribution >= 0.6 is 0 Å². The molecule has 6 rings (SSSR count). The summed E-state index contributed by atoms with van der Waals surface area (Å²) in [6.07, 6.45) is 7.11. The number of nitrogens with two attached hydrogens (primary N) is 1. The van der Waals surface area contributed by atoms with Gasteiger partial charge in [0.1, 0.15) is 17.8 Å². The first kappa shape index (κ1) is 33.2. The molecule has 2 atom stereocenters. The van der Waals surface area contributed by atoms with E-state index in [0.29, 0.717) is 25.1 Å². The molecular formula is C38H48N4O4. The zero-order valence-electron chi connectivity index (χ0n) is 27.1. The molecule has 46 heavy (non-hydrogen) atoms. The zero-order chi connectivity index (χ0) is 32.6. The highest BCUT2D eigenvalue weighted by Gasteiger charge is 2.48. The summed E-state index contributed by atoms with van der Waals surface area (Å²) in [5, 5.41) is 9.18. The number of hydrogen-bond acceptors (Lipinski definition) is 5. The minimum atomic E-state index is -0.905. The molecule has 3 aliphatic carbocycles. The van der Waals surface area contributed by atoms with Crippen LogP contribution in [0.5, 0.6) is 5.75 Å². The van der Waals surface area contributed by atoms with E-state index in [2.05, 4.69) is 16.0 Å². The van der Waals surface area contributed by atoms with Crippen LogP contribution in [0.2, 0.25) is 0 Å². The molecule has 0 spiro atoms. The molecule has 3 aromatic carbocycles. The van der Waals surface area contributed by atoms with Gasteiger partial charge >= 0.3 is 0 Å². The van der Waals surface area contributed by atoms with Crippen molar-refractivity contribution in [1.29, 1.82) is 0 Å². The number of nitrogens with one attached hydrogen (secondary N) is 3. The van der Waals surface area contributed by atoms with Gasteiger partial charge in [-0.1, -0.05) is 60.2 Å². The number of rotatable bonds is 14. The first-order chi connectivity index (χ1) is 22.2. The van der Waals surface area contributed by atoms with Gasteiger partial charge in [-0.25, -0.2) is 0 Å². The van der Waals surface area contributed by atoms with Gasteiger partial charge in [0, 0.05) is 24.9 Å². The summed E-state index contributed by atoms with van der Waals surface area (Å²) in [7, 11) is 0. The van der Waals surface area contributed by atoms with Gasteiger partial charge in [-0.15, -0.1) is 0 Å². The number of hydrogen-bond donors (Lipinski definition) is 4. The van der Waals surface area contributed by atoms with Gasteiger partial charge in [-0.3, -0.25) is 14.4 Å². The topological polar surface area (TPSA) is 123 Å². The van der Waals surface area contributed by atoms with E-state index in [1.807, 2.05) is 80.6 Å². The van der Waals surface area contributed by atoms with Crippen molar-refractivity contribution >= 4 is 17.7 Å². The molecule has 3 aliphatic rings. The van der Waals surface area contributed by atoms with Crippen LogP contribution in [0.3, 0.4) is 0 Å². The summed E-state index contributed by atoms with van der Waals surface area (Å²) >= 11 is 0. The minimum Gasteiger partial charge on any atom is -0.494 e. The monoisotopic (exact) mass is 624 g/mol. The Morgan fingerprint density at radius 2 is 1.30 bits per heavy atom. The average Bonchev–Trinajstić information content (AvgIpc) is 3.09. The molecular weight excluding hydrogens is 576 g/mol. The number of carbonyl (C=O) groups excluding carboxylic acids is 3. The van der Waals surface area contributed by atoms with Crippen LogP contribution in [0.1, 0.15) is 72.5 Å². The third kappa shape index (κ3) is 8.35. The molecule has 5 N–H and O–H groups in total. The van der Waals surface area contributed by atoms with Crippen molar-refractivity contribution in [2.45, 2.75) is 77.3 Å². The maximum Gasteiger partial charge on any atom is 0.251 e.